The van der Waals surface area contributed by atoms with E-state index in [1.54, 1.807) is 20.7 Å². The van der Waals surface area contributed by atoms with Crippen molar-refractivity contribution in [2.75, 3.05) is 0 Å². The van der Waals surface area contributed by atoms with Crippen molar-refractivity contribution in [1.29, 1.82) is 0 Å². The van der Waals surface area contributed by atoms with Gasteiger partial charge in [0.25, 0.3) is 0 Å². The lowest BCUT2D eigenvalue weighted by Gasteiger charge is -2.37. The van der Waals surface area contributed by atoms with Gasteiger partial charge >= 0.3 is 0 Å². The average Bonchev–Trinajstić information content (AvgIpc) is 2.56. The van der Waals surface area contributed by atoms with Gasteiger partial charge in [-0.25, -0.2) is 0 Å². The first-order valence-corrected chi connectivity index (χ1v) is 12.3. The van der Waals surface area contributed by atoms with Crippen LogP contribution in [0.1, 0.15) is 0 Å². The second-order valence-electron chi connectivity index (χ2n) is 6.46. The summed E-state index contributed by atoms with van der Waals surface area (Å²) in [6.45, 7) is 4.99. The first-order chi connectivity index (χ1) is 10.7. The highest BCUT2D eigenvalue weighted by Gasteiger charge is 2.39. The lowest BCUT2D eigenvalue weighted by Crippen LogP contribution is -2.76. The van der Waals surface area contributed by atoms with E-state index in [4.69, 9.17) is 0 Å². The molecule has 0 N–H and O–H groups in total. The molecule has 1 radical (unpaired) electrons. The molecular weight excluding hydrogens is 296 g/mol. The van der Waals surface area contributed by atoms with Gasteiger partial charge in [-0.1, -0.05) is 118 Å². The van der Waals surface area contributed by atoms with Crippen LogP contribution in [0.25, 0.3) is 0 Å². The maximum atomic E-state index is 2.49. The summed E-state index contributed by atoms with van der Waals surface area (Å²) in [4.78, 5) is 0. The van der Waals surface area contributed by atoms with E-state index < -0.39 is 16.9 Å². The van der Waals surface area contributed by atoms with Crippen LogP contribution in [0.15, 0.2) is 78.9 Å². The van der Waals surface area contributed by atoms with E-state index in [0.717, 1.165) is 0 Å². The molecule has 0 bridgehead atoms. The minimum Gasteiger partial charge on any atom is -0.0627 e. The third-order valence-corrected chi connectivity index (χ3v) is 11.7. The van der Waals surface area contributed by atoms with E-state index in [2.05, 4.69) is 92.0 Å². The highest BCUT2D eigenvalue weighted by molar-refractivity contribution is 7.13. The molecule has 107 valence electrons. The van der Waals surface area contributed by atoms with Gasteiger partial charge in [-0.3, -0.25) is 0 Å². The first-order valence-electron chi connectivity index (χ1n) is 7.82. The van der Waals surface area contributed by atoms with E-state index in [1.807, 2.05) is 0 Å². The predicted molar refractivity (Wildman–Crippen MR) is 101 cm³/mol. The first kappa shape index (κ1) is 13.7. The van der Waals surface area contributed by atoms with Crippen LogP contribution in [0, 0.1) is 0 Å². The Hall–Kier alpha value is -1.91. The molecule has 0 amide bonds. The zero-order valence-electron chi connectivity index (χ0n) is 13.0. The van der Waals surface area contributed by atoms with Crippen LogP contribution in [0.2, 0.25) is 13.1 Å². The van der Waals surface area contributed by atoms with Crippen LogP contribution in [-0.2, 0) is 0 Å². The molecule has 3 aromatic carbocycles. The largest absolute Gasteiger partial charge is 0.154 e. The monoisotopic (exact) mass is 315 g/mol. The van der Waals surface area contributed by atoms with Gasteiger partial charge in [0, 0.05) is 0 Å². The molecule has 0 fully saturated rings. The Bertz CT molecular complexity index is 772. The fourth-order valence-corrected chi connectivity index (χ4v) is 11.8. The molecule has 2 heteroatoms. The quantitative estimate of drug-likeness (QED) is 0.595. The van der Waals surface area contributed by atoms with Crippen LogP contribution >= 0.6 is 0 Å². The van der Waals surface area contributed by atoms with E-state index in [9.17, 15) is 0 Å². The third-order valence-electron chi connectivity index (χ3n) is 4.80. The summed E-state index contributed by atoms with van der Waals surface area (Å²) in [5, 5.41) is 7.97. The smallest absolute Gasteiger partial charge is 0.0627 e. The van der Waals surface area contributed by atoms with Crippen molar-refractivity contribution in [3.05, 3.63) is 78.9 Å². The molecule has 22 heavy (non-hydrogen) atoms. The molecule has 0 unspecified atom stereocenters. The fraction of sp³-hybridized carbons (Fsp3) is 0.100. The molecular formula is C20H19Si2. The van der Waals surface area contributed by atoms with Gasteiger partial charge in [-0.15, -0.1) is 0 Å². The Labute approximate surface area is 135 Å². The number of hydrogen-bond donors (Lipinski definition) is 0. The maximum absolute atomic E-state index is 2.49. The van der Waals surface area contributed by atoms with Crippen molar-refractivity contribution in [1.82, 2.24) is 0 Å². The summed E-state index contributed by atoms with van der Waals surface area (Å²) in [5.74, 6) is 0. The Kier molecular flexibility index (Phi) is 3.17. The summed E-state index contributed by atoms with van der Waals surface area (Å²) in [7, 11) is -2.46. The van der Waals surface area contributed by atoms with Gasteiger partial charge < -0.3 is 0 Å². The SMILES string of the molecule is C[Si]1(C)c2ccccc2[Si](c2ccccc2)c2ccccc21. The molecule has 0 spiro atoms. The Morgan fingerprint density at radius 2 is 1.05 bits per heavy atom. The second-order valence-corrected chi connectivity index (χ2v) is 13.2. The molecule has 1 heterocycles. The zero-order chi connectivity index (χ0) is 15.2. The normalized spacial score (nSPS) is 15.9. The van der Waals surface area contributed by atoms with Crippen molar-refractivity contribution in [3.63, 3.8) is 0 Å². The maximum Gasteiger partial charge on any atom is 0.154 e. The molecule has 0 aromatic heterocycles. The van der Waals surface area contributed by atoms with Crippen LogP contribution in [0.3, 0.4) is 0 Å². The second kappa shape index (κ2) is 5.08. The number of hydrogen-bond acceptors (Lipinski definition) is 0. The molecule has 1 aliphatic heterocycles. The molecule has 0 saturated carbocycles. The summed E-state index contributed by atoms with van der Waals surface area (Å²) < 4.78 is 0. The standard InChI is InChI=1S/C20H19Si2/c1-22(2)19-14-8-6-12-17(19)21(16-10-4-3-5-11-16)18-13-7-9-15-20(18)22/h3-15H,1-2H3. The lowest BCUT2D eigenvalue weighted by atomic mass is 10.3. The van der Waals surface area contributed by atoms with Crippen molar-refractivity contribution in [2.24, 2.45) is 0 Å². The van der Waals surface area contributed by atoms with Crippen LogP contribution in [0.4, 0.5) is 0 Å². The molecule has 0 atom stereocenters. The zero-order valence-corrected chi connectivity index (χ0v) is 15.0. The number of rotatable bonds is 1. The van der Waals surface area contributed by atoms with Gasteiger partial charge in [0.15, 0.2) is 8.80 Å². The summed E-state index contributed by atoms with van der Waals surface area (Å²) in [6, 6.07) is 29.5. The summed E-state index contributed by atoms with van der Waals surface area (Å²) in [6.07, 6.45) is 0. The van der Waals surface area contributed by atoms with Crippen LogP contribution in [0.5, 0.6) is 0 Å². The molecule has 0 aliphatic carbocycles. The Balaban J connectivity index is 2.05. The van der Waals surface area contributed by atoms with Crippen LogP contribution < -0.4 is 25.9 Å². The molecule has 0 saturated heterocycles. The van der Waals surface area contributed by atoms with E-state index in [0.29, 0.717) is 0 Å². The summed E-state index contributed by atoms with van der Waals surface area (Å²) in [5.41, 5.74) is 0. The van der Waals surface area contributed by atoms with Gasteiger partial charge in [0.05, 0.1) is 0 Å². The minimum absolute atomic E-state index is 0.875. The molecule has 4 rings (SSSR count). The highest BCUT2D eigenvalue weighted by atomic mass is 28.3. The van der Waals surface area contributed by atoms with E-state index in [-0.39, 0.29) is 0 Å². The Morgan fingerprint density at radius 1 is 0.591 bits per heavy atom. The molecule has 3 aromatic rings. The van der Waals surface area contributed by atoms with Gasteiger partial charge in [0.1, 0.15) is 8.07 Å². The average molecular weight is 316 g/mol. The van der Waals surface area contributed by atoms with Crippen molar-refractivity contribution in [3.8, 4) is 0 Å². The van der Waals surface area contributed by atoms with E-state index >= 15 is 0 Å². The van der Waals surface area contributed by atoms with Gasteiger partial charge in [-0.2, -0.15) is 0 Å². The highest BCUT2D eigenvalue weighted by Crippen LogP contribution is 2.09. The fourth-order valence-electron chi connectivity index (χ4n) is 3.70. The number of benzene rings is 3. The lowest BCUT2D eigenvalue weighted by molar-refractivity contribution is 1.67. The van der Waals surface area contributed by atoms with Crippen molar-refractivity contribution >= 4 is 42.8 Å². The van der Waals surface area contributed by atoms with Crippen molar-refractivity contribution < 1.29 is 0 Å². The third kappa shape index (κ3) is 1.95. The number of fused-ring (bicyclic) bond motifs is 2. The topological polar surface area (TPSA) is 0 Å². The summed E-state index contributed by atoms with van der Waals surface area (Å²) >= 11 is 0. The van der Waals surface area contributed by atoms with Gasteiger partial charge in [0.2, 0.25) is 0 Å². The Morgan fingerprint density at radius 3 is 1.59 bits per heavy atom. The molecule has 0 nitrogen and oxygen atoms in total. The van der Waals surface area contributed by atoms with E-state index in [1.165, 1.54) is 5.19 Å². The van der Waals surface area contributed by atoms with Crippen molar-refractivity contribution in [2.45, 2.75) is 13.1 Å². The van der Waals surface area contributed by atoms with Gasteiger partial charge in [-0.05, 0) is 0 Å². The van der Waals surface area contributed by atoms with Crippen LogP contribution in [-0.4, -0.2) is 16.9 Å². The minimum atomic E-state index is -1.58. The molecule has 1 aliphatic rings. The predicted octanol–water partition coefficient (Wildman–Crippen LogP) is 1.34.